The van der Waals surface area contributed by atoms with Crippen molar-refractivity contribution in [2.45, 2.75) is 31.5 Å². The monoisotopic (exact) mass is 365 g/mol. The van der Waals surface area contributed by atoms with E-state index in [9.17, 15) is 9.90 Å². The van der Waals surface area contributed by atoms with E-state index >= 15 is 0 Å². The number of nitrogens with one attached hydrogen (secondary N) is 1. The van der Waals surface area contributed by atoms with Crippen LogP contribution in [0.1, 0.15) is 23.2 Å². The molecule has 2 aromatic heterocycles. The normalized spacial score (nSPS) is 22.1. The van der Waals surface area contributed by atoms with Crippen LogP contribution < -0.4 is 5.32 Å². The number of aromatic nitrogens is 4. The highest BCUT2D eigenvalue weighted by Crippen LogP contribution is 2.28. The zero-order valence-electron chi connectivity index (χ0n) is 15.2. The molecular formula is C20H23N5O2. The van der Waals surface area contributed by atoms with Crippen molar-refractivity contribution in [2.75, 3.05) is 0 Å². The number of benzene rings is 1. The van der Waals surface area contributed by atoms with E-state index in [0.29, 0.717) is 17.9 Å². The molecule has 1 amide bonds. The molecular weight excluding hydrogens is 342 g/mol. The second-order valence-electron chi connectivity index (χ2n) is 7.20. The predicted octanol–water partition coefficient (Wildman–Crippen LogP) is 1.85. The predicted molar refractivity (Wildman–Crippen MR) is 101 cm³/mol. The van der Waals surface area contributed by atoms with E-state index in [1.54, 1.807) is 23.1 Å². The molecule has 1 fully saturated rings. The third-order valence-electron chi connectivity index (χ3n) is 5.11. The van der Waals surface area contributed by atoms with Crippen molar-refractivity contribution >= 4 is 5.91 Å². The minimum atomic E-state index is -0.531. The Morgan fingerprint density at radius 1 is 1.26 bits per heavy atom. The fourth-order valence-corrected chi connectivity index (χ4v) is 3.76. The smallest absolute Gasteiger partial charge is 0.251 e. The van der Waals surface area contributed by atoms with Crippen molar-refractivity contribution < 1.29 is 9.90 Å². The molecule has 0 spiro atoms. The Morgan fingerprint density at radius 3 is 2.89 bits per heavy atom. The van der Waals surface area contributed by atoms with Gasteiger partial charge in [-0.3, -0.25) is 14.2 Å². The van der Waals surface area contributed by atoms with Crippen molar-refractivity contribution in [2.24, 2.45) is 13.0 Å². The van der Waals surface area contributed by atoms with Crippen LogP contribution in [0.3, 0.4) is 0 Å². The lowest BCUT2D eigenvalue weighted by Gasteiger charge is -2.16. The summed E-state index contributed by atoms with van der Waals surface area (Å²) < 4.78 is 3.61. The maximum Gasteiger partial charge on any atom is 0.251 e. The van der Waals surface area contributed by atoms with Crippen molar-refractivity contribution in [1.82, 2.24) is 24.9 Å². The van der Waals surface area contributed by atoms with Crippen LogP contribution in [0.15, 0.2) is 55.1 Å². The van der Waals surface area contributed by atoms with Gasteiger partial charge < -0.3 is 10.4 Å². The number of aliphatic hydroxyl groups is 1. The van der Waals surface area contributed by atoms with Crippen molar-refractivity contribution in [3.63, 3.8) is 0 Å². The van der Waals surface area contributed by atoms with E-state index < -0.39 is 6.10 Å². The number of carbonyl (C=O) groups excluding carboxylic acids is 1. The third-order valence-corrected chi connectivity index (χ3v) is 5.11. The molecule has 2 N–H and O–H groups in total. The van der Waals surface area contributed by atoms with Gasteiger partial charge in [-0.15, -0.1) is 0 Å². The number of aliphatic hydroxyl groups excluding tert-OH is 1. The van der Waals surface area contributed by atoms with Crippen LogP contribution in [0.4, 0.5) is 0 Å². The molecule has 1 unspecified atom stereocenters. The van der Waals surface area contributed by atoms with Crippen LogP contribution in [0.5, 0.6) is 0 Å². The zero-order valence-corrected chi connectivity index (χ0v) is 15.2. The number of rotatable bonds is 5. The largest absolute Gasteiger partial charge is 0.391 e. The maximum atomic E-state index is 12.7. The second kappa shape index (κ2) is 7.36. The number of carbonyl (C=O) groups is 1. The van der Waals surface area contributed by atoms with Gasteiger partial charge in [0.1, 0.15) is 0 Å². The molecule has 0 radical (unpaired) electrons. The molecule has 1 aromatic carbocycles. The summed E-state index contributed by atoms with van der Waals surface area (Å²) in [6.07, 6.45) is 8.24. The van der Waals surface area contributed by atoms with Crippen LogP contribution in [-0.4, -0.2) is 42.7 Å². The summed E-state index contributed by atoms with van der Waals surface area (Å²) in [5.74, 6) is 0.136. The van der Waals surface area contributed by atoms with Gasteiger partial charge >= 0.3 is 0 Å². The second-order valence-corrected chi connectivity index (χ2v) is 7.20. The Kier molecular flexibility index (Phi) is 4.77. The van der Waals surface area contributed by atoms with Gasteiger partial charge in [-0.05, 0) is 42.5 Å². The Hall–Kier alpha value is -2.93. The van der Waals surface area contributed by atoms with Gasteiger partial charge in [0.2, 0.25) is 0 Å². The highest BCUT2D eigenvalue weighted by atomic mass is 16.3. The summed E-state index contributed by atoms with van der Waals surface area (Å²) >= 11 is 0. The molecule has 0 aliphatic heterocycles. The van der Waals surface area contributed by atoms with Gasteiger partial charge in [0.15, 0.2) is 0 Å². The van der Waals surface area contributed by atoms with Crippen LogP contribution in [-0.2, 0) is 13.6 Å². The number of amides is 1. The topological polar surface area (TPSA) is 85.0 Å². The lowest BCUT2D eigenvalue weighted by Crippen LogP contribution is -2.39. The number of aryl methyl sites for hydroxylation is 1. The fraction of sp³-hybridized carbons (Fsp3) is 0.350. The summed E-state index contributed by atoms with van der Waals surface area (Å²) in [5, 5.41) is 21.8. The molecule has 140 valence electrons. The van der Waals surface area contributed by atoms with E-state index in [1.807, 2.05) is 48.4 Å². The fourth-order valence-electron chi connectivity index (χ4n) is 3.76. The van der Waals surface area contributed by atoms with Crippen LogP contribution >= 0.6 is 0 Å². The van der Waals surface area contributed by atoms with Gasteiger partial charge in [-0.25, -0.2) is 0 Å². The van der Waals surface area contributed by atoms with Crippen molar-refractivity contribution in [1.29, 1.82) is 0 Å². The lowest BCUT2D eigenvalue weighted by molar-refractivity contribution is 0.0873. The molecule has 7 heteroatoms. The van der Waals surface area contributed by atoms with Crippen LogP contribution in [0.2, 0.25) is 0 Å². The standard InChI is InChI=1S/C20H23N5O2/c1-24-13-17(11-22-24)15-4-2-5-16(10-15)20(27)23-18-8-14(9-19(18)26)12-25-7-3-6-21-25/h2-7,10-11,13-14,18-19,26H,8-9,12H2,1H3,(H,23,27)/t14?,18-,19-/m1/s1. The van der Waals surface area contributed by atoms with E-state index in [0.717, 1.165) is 24.1 Å². The summed E-state index contributed by atoms with van der Waals surface area (Å²) in [4.78, 5) is 12.7. The average molecular weight is 365 g/mol. The molecule has 2 heterocycles. The van der Waals surface area contributed by atoms with E-state index in [-0.39, 0.29) is 11.9 Å². The van der Waals surface area contributed by atoms with Gasteiger partial charge in [0.25, 0.3) is 5.91 Å². The third kappa shape index (κ3) is 3.93. The molecule has 1 saturated carbocycles. The molecule has 1 aliphatic carbocycles. The molecule has 3 atom stereocenters. The first-order chi connectivity index (χ1) is 13.1. The molecule has 27 heavy (non-hydrogen) atoms. The van der Waals surface area contributed by atoms with E-state index in [1.165, 1.54) is 0 Å². The summed E-state index contributed by atoms with van der Waals surface area (Å²) in [6, 6.07) is 9.12. The molecule has 0 bridgehead atoms. The van der Waals surface area contributed by atoms with E-state index in [4.69, 9.17) is 0 Å². The zero-order chi connectivity index (χ0) is 18.8. The molecule has 0 saturated heterocycles. The van der Waals surface area contributed by atoms with Crippen molar-refractivity contribution in [3.8, 4) is 11.1 Å². The Labute approximate surface area is 157 Å². The van der Waals surface area contributed by atoms with Gasteiger partial charge in [0.05, 0.1) is 18.3 Å². The lowest BCUT2D eigenvalue weighted by atomic mass is 10.1. The first-order valence-electron chi connectivity index (χ1n) is 9.14. The summed E-state index contributed by atoms with van der Waals surface area (Å²) in [5.41, 5.74) is 2.49. The van der Waals surface area contributed by atoms with Crippen LogP contribution in [0.25, 0.3) is 11.1 Å². The SMILES string of the molecule is Cn1cc(-c2cccc(C(=O)N[C@@H]3CC(Cn4cccn4)C[C@H]3O)c2)cn1. The van der Waals surface area contributed by atoms with E-state index in [2.05, 4.69) is 15.5 Å². The highest BCUT2D eigenvalue weighted by Gasteiger charge is 2.34. The minimum Gasteiger partial charge on any atom is -0.391 e. The number of nitrogens with zero attached hydrogens (tertiary/aromatic N) is 4. The Balaban J connectivity index is 1.41. The average Bonchev–Trinajstić information content (AvgIpc) is 3.39. The number of hydrogen-bond donors (Lipinski definition) is 2. The highest BCUT2D eigenvalue weighted by molar-refractivity contribution is 5.95. The molecule has 4 rings (SSSR count). The van der Waals surface area contributed by atoms with Gasteiger partial charge in [0, 0.05) is 43.3 Å². The Bertz CT molecular complexity index is 918. The Morgan fingerprint density at radius 2 is 2.15 bits per heavy atom. The van der Waals surface area contributed by atoms with Gasteiger partial charge in [-0.1, -0.05) is 12.1 Å². The first-order valence-corrected chi connectivity index (χ1v) is 9.14. The molecule has 1 aliphatic rings. The van der Waals surface area contributed by atoms with Crippen molar-refractivity contribution in [3.05, 3.63) is 60.7 Å². The summed E-state index contributed by atoms with van der Waals surface area (Å²) in [6.45, 7) is 0.757. The quantitative estimate of drug-likeness (QED) is 0.723. The van der Waals surface area contributed by atoms with Gasteiger partial charge in [-0.2, -0.15) is 10.2 Å². The maximum absolute atomic E-state index is 12.7. The minimum absolute atomic E-state index is 0.162. The van der Waals surface area contributed by atoms with Crippen LogP contribution in [0, 0.1) is 5.92 Å². The first kappa shape index (κ1) is 17.5. The molecule has 7 nitrogen and oxygen atoms in total. The molecule has 3 aromatic rings. The number of hydrogen-bond acceptors (Lipinski definition) is 4. The summed E-state index contributed by atoms with van der Waals surface area (Å²) in [7, 11) is 1.86.